The van der Waals surface area contributed by atoms with Crippen molar-refractivity contribution in [2.24, 2.45) is 11.1 Å². The Morgan fingerprint density at radius 3 is 2.52 bits per heavy atom. The highest BCUT2D eigenvalue weighted by atomic mass is 15.2. The second-order valence-corrected chi connectivity index (χ2v) is 7.67. The van der Waals surface area contributed by atoms with Crippen LogP contribution in [0.4, 0.5) is 0 Å². The maximum absolute atomic E-state index is 6.34. The van der Waals surface area contributed by atoms with E-state index in [0.717, 1.165) is 6.54 Å². The molecule has 2 fully saturated rings. The molecule has 116 valence electrons. The molecule has 1 aromatic carbocycles. The summed E-state index contributed by atoms with van der Waals surface area (Å²) in [7, 11) is 0. The maximum atomic E-state index is 6.34. The third kappa shape index (κ3) is 2.53. The molecule has 0 bridgehead atoms. The average molecular weight is 286 g/mol. The van der Waals surface area contributed by atoms with Gasteiger partial charge in [-0.1, -0.05) is 57.0 Å². The molecule has 0 radical (unpaired) electrons. The first kappa shape index (κ1) is 15.1. The highest BCUT2D eigenvalue weighted by Crippen LogP contribution is 2.49. The molecule has 2 aliphatic rings. The zero-order chi connectivity index (χ0) is 14.9. The molecule has 2 atom stereocenters. The Balaban J connectivity index is 1.80. The summed E-state index contributed by atoms with van der Waals surface area (Å²) in [6.07, 6.45) is 6.58. The van der Waals surface area contributed by atoms with E-state index < -0.39 is 0 Å². The minimum Gasteiger partial charge on any atom is -0.329 e. The molecular weight excluding hydrogens is 256 g/mol. The molecule has 1 aliphatic carbocycles. The van der Waals surface area contributed by atoms with Crippen LogP contribution in [0.1, 0.15) is 57.4 Å². The minimum absolute atomic E-state index is 0.217. The number of nitrogens with two attached hydrogens (primary N) is 1. The van der Waals surface area contributed by atoms with Gasteiger partial charge >= 0.3 is 0 Å². The fourth-order valence-corrected chi connectivity index (χ4v) is 4.80. The van der Waals surface area contributed by atoms with Crippen LogP contribution in [-0.2, 0) is 0 Å². The lowest BCUT2D eigenvalue weighted by Crippen LogP contribution is -2.63. The summed E-state index contributed by atoms with van der Waals surface area (Å²) in [6, 6.07) is 11.0. The van der Waals surface area contributed by atoms with Gasteiger partial charge in [-0.25, -0.2) is 0 Å². The van der Waals surface area contributed by atoms with E-state index in [1.54, 1.807) is 0 Å². The van der Waals surface area contributed by atoms with E-state index in [-0.39, 0.29) is 5.54 Å². The normalized spacial score (nSPS) is 33.2. The highest BCUT2D eigenvalue weighted by Gasteiger charge is 2.51. The molecule has 2 heteroatoms. The van der Waals surface area contributed by atoms with Gasteiger partial charge in [0.15, 0.2) is 0 Å². The molecule has 3 rings (SSSR count). The number of benzene rings is 1. The Morgan fingerprint density at radius 1 is 1.14 bits per heavy atom. The van der Waals surface area contributed by atoms with E-state index in [1.807, 2.05) is 0 Å². The maximum Gasteiger partial charge on any atom is 0.0382 e. The van der Waals surface area contributed by atoms with Crippen molar-refractivity contribution in [1.82, 2.24) is 4.90 Å². The lowest BCUT2D eigenvalue weighted by molar-refractivity contribution is -0.0311. The van der Waals surface area contributed by atoms with Crippen molar-refractivity contribution in [3.05, 3.63) is 35.9 Å². The quantitative estimate of drug-likeness (QED) is 0.916. The van der Waals surface area contributed by atoms with Crippen molar-refractivity contribution in [2.45, 2.75) is 57.4 Å². The number of likely N-dealkylation sites (tertiary alicyclic amines) is 1. The van der Waals surface area contributed by atoms with Gasteiger partial charge in [-0.2, -0.15) is 0 Å². The SMILES string of the molecule is CC1(C)CCCCC1(CN)N1CCC(c2ccccc2)C1. The molecule has 2 unspecified atom stereocenters. The van der Waals surface area contributed by atoms with Gasteiger partial charge in [0.25, 0.3) is 0 Å². The van der Waals surface area contributed by atoms with Crippen LogP contribution in [0.5, 0.6) is 0 Å². The molecule has 1 saturated carbocycles. The summed E-state index contributed by atoms with van der Waals surface area (Å²) in [6.45, 7) is 8.08. The summed E-state index contributed by atoms with van der Waals surface area (Å²) in [5, 5.41) is 0. The largest absolute Gasteiger partial charge is 0.329 e. The molecule has 0 aromatic heterocycles. The summed E-state index contributed by atoms with van der Waals surface area (Å²) in [5.74, 6) is 0.687. The van der Waals surface area contributed by atoms with Crippen molar-refractivity contribution < 1.29 is 0 Å². The Labute approximate surface area is 129 Å². The predicted molar refractivity (Wildman–Crippen MR) is 89.4 cm³/mol. The van der Waals surface area contributed by atoms with Crippen molar-refractivity contribution in [3.63, 3.8) is 0 Å². The first-order valence-corrected chi connectivity index (χ1v) is 8.59. The molecule has 0 amide bonds. The van der Waals surface area contributed by atoms with Crippen molar-refractivity contribution in [2.75, 3.05) is 19.6 Å². The topological polar surface area (TPSA) is 29.3 Å². The molecular formula is C19H30N2. The van der Waals surface area contributed by atoms with Crippen LogP contribution in [0.3, 0.4) is 0 Å². The fraction of sp³-hybridized carbons (Fsp3) is 0.684. The Kier molecular flexibility index (Phi) is 4.11. The summed E-state index contributed by atoms with van der Waals surface area (Å²) >= 11 is 0. The van der Waals surface area contributed by atoms with Crippen LogP contribution in [-0.4, -0.2) is 30.1 Å². The van der Waals surface area contributed by atoms with Crippen molar-refractivity contribution in [3.8, 4) is 0 Å². The van der Waals surface area contributed by atoms with Crippen LogP contribution in [0, 0.1) is 5.41 Å². The van der Waals surface area contributed by atoms with Crippen LogP contribution in [0.2, 0.25) is 0 Å². The second kappa shape index (κ2) is 5.73. The van der Waals surface area contributed by atoms with E-state index in [2.05, 4.69) is 49.1 Å². The summed E-state index contributed by atoms with van der Waals surface area (Å²) in [4.78, 5) is 2.74. The highest BCUT2D eigenvalue weighted by molar-refractivity contribution is 5.22. The van der Waals surface area contributed by atoms with E-state index in [1.165, 1.54) is 50.8 Å². The minimum atomic E-state index is 0.217. The van der Waals surface area contributed by atoms with Crippen molar-refractivity contribution >= 4 is 0 Å². The van der Waals surface area contributed by atoms with E-state index in [9.17, 15) is 0 Å². The number of nitrogens with zero attached hydrogens (tertiary/aromatic N) is 1. The van der Waals surface area contributed by atoms with E-state index in [4.69, 9.17) is 5.73 Å². The molecule has 1 saturated heterocycles. The van der Waals surface area contributed by atoms with Gasteiger partial charge in [0, 0.05) is 18.6 Å². The standard InChI is InChI=1S/C19H30N2/c1-18(2)11-6-7-12-19(18,15-20)21-13-10-17(14-21)16-8-4-3-5-9-16/h3-5,8-9,17H,6-7,10-15,20H2,1-2H3. The summed E-state index contributed by atoms with van der Waals surface area (Å²) < 4.78 is 0. The fourth-order valence-electron chi connectivity index (χ4n) is 4.80. The molecule has 2 N–H and O–H groups in total. The van der Waals surface area contributed by atoms with E-state index >= 15 is 0 Å². The first-order valence-electron chi connectivity index (χ1n) is 8.59. The van der Waals surface area contributed by atoms with Gasteiger partial charge in [-0.15, -0.1) is 0 Å². The zero-order valence-corrected chi connectivity index (χ0v) is 13.6. The third-order valence-corrected chi connectivity index (χ3v) is 6.30. The van der Waals surface area contributed by atoms with Gasteiger partial charge in [0.05, 0.1) is 0 Å². The molecule has 21 heavy (non-hydrogen) atoms. The number of hydrogen-bond acceptors (Lipinski definition) is 2. The van der Waals surface area contributed by atoms with Gasteiger partial charge in [-0.3, -0.25) is 4.90 Å². The van der Waals surface area contributed by atoms with Crippen LogP contribution >= 0.6 is 0 Å². The van der Waals surface area contributed by atoms with Gasteiger partial charge in [0.1, 0.15) is 0 Å². The molecule has 0 spiro atoms. The molecule has 1 aliphatic heterocycles. The Morgan fingerprint density at radius 2 is 1.86 bits per heavy atom. The van der Waals surface area contributed by atoms with Crippen LogP contribution in [0.25, 0.3) is 0 Å². The number of hydrogen-bond donors (Lipinski definition) is 1. The number of rotatable bonds is 3. The average Bonchev–Trinajstić information content (AvgIpc) is 2.98. The van der Waals surface area contributed by atoms with Gasteiger partial charge in [-0.05, 0) is 42.7 Å². The van der Waals surface area contributed by atoms with Crippen LogP contribution in [0.15, 0.2) is 30.3 Å². The Hall–Kier alpha value is -0.860. The van der Waals surface area contributed by atoms with E-state index in [0.29, 0.717) is 11.3 Å². The van der Waals surface area contributed by atoms with Crippen molar-refractivity contribution in [1.29, 1.82) is 0 Å². The lowest BCUT2D eigenvalue weighted by Gasteiger charge is -2.55. The van der Waals surface area contributed by atoms with Crippen LogP contribution < -0.4 is 5.73 Å². The second-order valence-electron chi connectivity index (χ2n) is 7.67. The predicted octanol–water partition coefficient (Wildman–Crippen LogP) is 3.77. The molecule has 1 heterocycles. The molecule has 2 nitrogen and oxygen atoms in total. The third-order valence-electron chi connectivity index (χ3n) is 6.30. The lowest BCUT2D eigenvalue weighted by atomic mass is 9.62. The van der Waals surface area contributed by atoms with Gasteiger partial charge in [0.2, 0.25) is 0 Å². The monoisotopic (exact) mass is 286 g/mol. The smallest absolute Gasteiger partial charge is 0.0382 e. The molecule has 1 aromatic rings. The zero-order valence-electron chi connectivity index (χ0n) is 13.6. The Bertz CT molecular complexity index is 468. The van der Waals surface area contributed by atoms with Gasteiger partial charge < -0.3 is 5.73 Å². The first-order chi connectivity index (χ1) is 10.1. The summed E-state index contributed by atoms with van der Waals surface area (Å²) in [5.41, 5.74) is 8.39.